The molecule has 0 saturated carbocycles. The van der Waals surface area contributed by atoms with Crippen LogP contribution < -0.4 is 15.4 Å². The van der Waals surface area contributed by atoms with Crippen molar-refractivity contribution in [1.29, 1.82) is 0 Å². The summed E-state index contributed by atoms with van der Waals surface area (Å²) in [6.45, 7) is 1.78. The van der Waals surface area contributed by atoms with Crippen molar-refractivity contribution in [1.82, 2.24) is 9.78 Å². The predicted molar refractivity (Wildman–Crippen MR) is 95.2 cm³/mol. The minimum atomic E-state index is -0.375. The molecule has 1 aromatic carbocycles. The molecule has 2 amide bonds. The number of ether oxygens (including phenoxy) is 1. The summed E-state index contributed by atoms with van der Waals surface area (Å²) >= 11 is 0. The number of amides is 2. The molecule has 26 heavy (non-hydrogen) atoms. The molecule has 2 heterocycles. The van der Waals surface area contributed by atoms with Crippen molar-refractivity contribution >= 4 is 23.2 Å². The summed E-state index contributed by atoms with van der Waals surface area (Å²) in [7, 11) is 1.58. The lowest BCUT2D eigenvalue weighted by Crippen LogP contribution is -2.19. The molecule has 8 heteroatoms. The quantitative estimate of drug-likeness (QED) is 0.709. The van der Waals surface area contributed by atoms with E-state index in [4.69, 9.17) is 9.15 Å². The van der Waals surface area contributed by atoms with Crippen molar-refractivity contribution < 1.29 is 18.7 Å². The molecule has 0 unspecified atom stereocenters. The SMILES string of the molecule is COc1ccc(NC(=O)Cn2cc(NC(=O)c3ccc(C)o3)cn2)cc1. The average molecular weight is 354 g/mol. The third kappa shape index (κ3) is 4.29. The number of methoxy groups -OCH3 is 1. The second-order valence-corrected chi connectivity index (χ2v) is 5.57. The highest BCUT2D eigenvalue weighted by Gasteiger charge is 2.12. The van der Waals surface area contributed by atoms with Gasteiger partial charge in [0.25, 0.3) is 5.91 Å². The Labute approximate surface area is 149 Å². The molecule has 0 radical (unpaired) electrons. The first-order chi connectivity index (χ1) is 12.5. The molecule has 0 atom stereocenters. The van der Waals surface area contributed by atoms with Gasteiger partial charge in [-0.15, -0.1) is 0 Å². The summed E-state index contributed by atoms with van der Waals surface area (Å²) in [5, 5.41) is 9.50. The number of hydrogen-bond donors (Lipinski definition) is 2. The van der Waals surface area contributed by atoms with Crippen LogP contribution in [0.5, 0.6) is 5.75 Å². The standard InChI is InChI=1S/C18H18N4O4/c1-12-3-8-16(26-12)18(24)21-14-9-19-22(10-14)11-17(23)20-13-4-6-15(25-2)7-5-13/h3-10H,11H2,1-2H3,(H,20,23)(H,21,24). The zero-order valence-electron chi connectivity index (χ0n) is 14.4. The van der Waals surface area contributed by atoms with E-state index in [9.17, 15) is 9.59 Å². The number of aryl methyl sites for hydroxylation is 1. The molecule has 0 saturated heterocycles. The molecular weight excluding hydrogens is 336 g/mol. The van der Waals surface area contributed by atoms with Gasteiger partial charge in [-0.2, -0.15) is 5.10 Å². The second-order valence-electron chi connectivity index (χ2n) is 5.57. The first kappa shape index (κ1) is 17.3. The monoisotopic (exact) mass is 354 g/mol. The molecule has 134 valence electrons. The number of nitrogens with one attached hydrogen (secondary N) is 2. The van der Waals surface area contributed by atoms with Crippen LogP contribution in [0.3, 0.4) is 0 Å². The Morgan fingerprint density at radius 3 is 2.54 bits per heavy atom. The van der Waals surface area contributed by atoms with Crippen LogP contribution in [0, 0.1) is 6.92 Å². The van der Waals surface area contributed by atoms with Gasteiger partial charge in [-0.1, -0.05) is 0 Å². The fraction of sp³-hybridized carbons (Fsp3) is 0.167. The minimum absolute atomic E-state index is 0.0156. The lowest BCUT2D eigenvalue weighted by atomic mass is 10.3. The summed E-state index contributed by atoms with van der Waals surface area (Å²) in [4.78, 5) is 24.1. The molecule has 2 aromatic heterocycles. The third-order valence-corrected chi connectivity index (χ3v) is 3.53. The van der Waals surface area contributed by atoms with Gasteiger partial charge in [0.15, 0.2) is 5.76 Å². The van der Waals surface area contributed by atoms with Crippen molar-refractivity contribution in [2.45, 2.75) is 13.5 Å². The maximum atomic E-state index is 12.1. The molecule has 0 aliphatic heterocycles. The summed E-state index contributed by atoms with van der Waals surface area (Å²) in [6.07, 6.45) is 3.04. The van der Waals surface area contributed by atoms with Crippen LogP contribution >= 0.6 is 0 Å². The van der Waals surface area contributed by atoms with Gasteiger partial charge in [-0.05, 0) is 43.3 Å². The highest BCUT2D eigenvalue weighted by Crippen LogP contribution is 2.15. The van der Waals surface area contributed by atoms with Crippen molar-refractivity contribution in [3.05, 3.63) is 60.3 Å². The van der Waals surface area contributed by atoms with E-state index in [1.165, 1.54) is 10.9 Å². The average Bonchev–Trinajstić information content (AvgIpc) is 3.24. The summed E-state index contributed by atoms with van der Waals surface area (Å²) in [6, 6.07) is 10.3. The van der Waals surface area contributed by atoms with E-state index in [0.29, 0.717) is 22.9 Å². The largest absolute Gasteiger partial charge is 0.497 e. The van der Waals surface area contributed by atoms with Crippen LogP contribution in [0.1, 0.15) is 16.3 Å². The van der Waals surface area contributed by atoms with E-state index in [2.05, 4.69) is 15.7 Å². The molecule has 3 aromatic rings. The lowest BCUT2D eigenvalue weighted by molar-refractivity contribution is -0.116. The Bertz CT molecular complexity index is 911. The second kappa shape index (κ2) is 7.56. The maximum absolute atomic E-state index is 12.1. The van der Waals surface area contributed by atoms with Crippen LogP contribution in [0.15, 0.2) is 53.2 Å². The normalized spacial score (nSPS) is 10.4. The van der Waals surface area contributed by atoms with E-state index in [1.54, 1.807) is 56.6 Å². The lowest BCUT2D eigenvalue weighted by Gasteiger charge is -2.06. The predicted octanol–water partition coefficient (Wildman–Crippen LogP) is 2.68. The number of anilines is 2. The Morgan fingerprint density at radius 1 is 1.12 bits per heavy atom. The van der Waals surface area contributed by atoms with Crippen LogP contribution in [-0.4, -0.2) is 28.7 Å². The van der Waals surface area contributed by atoms with Crippen molar-refractivity contribution in [3.63, 3.8) is 0 Å². The maximum Gasteiger partial charge on any atom is 0.291 e. The van der Waals surface area contributed by atoms with Gasteiger partial charge >= 0.3 is 0 Å². The number of aromatic nitrogens is 2. The number of carbonyl (C=O) groups excluding carboxylic acids is 2. The number of nitrogens with zero attached hydrogens (tertiary/aromatic N) is 2. The number of furan rings is 1. The van der Waals surface area contributed by atoms with Gasteiger partial charge < -0.3 is 19.8 Å². The molecule has 0 fully saturated rings. The van der Waals surface area contributed by atoms with E-state index in [1.807, 2.05) is 0 Å². The number of benzene rings is 1. The fourth-order valence-corrected chi connectivity index (χ4v) is 2.29. The highest BCUT2D eigenvalue weighted by atomic mass is 16.5. The number of rotatable bonds is 6. The Balaban J connectivity index is 1.55. The fourth-order valence-electron chi connectivity index (χ4n) is 2.29. The minimum Gasteiger partial charge on any atom is -0.497 e. The molecule has 8 nitrogen and oxygen atoms in total. The van der Waals surface area contributed by atoms with Gasteiger partial charge in [0.1, 0.15) is 18.1 Å². The first-order valence-electron chi connectivity index (χ1n) is 7.87. The zero-order chi connectivity index (χ0) is 18.5. The van der Waals surface area contributed by atoms with E-state index in [0.717, 1.165) is 0 Å². The third-order valence-electron chi connectivity index (χ3n) is 3.53. The van der Waals surface area contributed by atoms with Gasteiger partial charge in [0, 0.05) is 11.9 Å². The summed E-state index contributed by atoms with van der Waals surface area (Å²) in [5.74, 6) is 0.967. The number of carbonyl (C=O) groups is 2. The van der Waals surface area contributed by atoms with Crippen LogP contribution in [0.2, 0.25) is 0 Å². The molecule has 0 aliphatic carbocycles. The van der Waals surface area contributed by atoms with Crippen molar-refractivity contribution in [2.24, 2.45) is 0 Å². The number of hydrogen-bond acceptors (Lipinski definition) is 5. The Hall–Kier alpha value is -3.55. The Morgan fingerprint density at radius 2 is 1.88 bits per heavy atom. The zero-order valence-corrected chi connectivity index (χ0v) is 14.4. The van der Waals surface area contributed by atoms with Gasteiger partial charge in [0.05, 0.1) is 19.0 Å². The highest BCUT2D eigenvalue weighted by molar-refractivity contribution is 6.02. The molecule has 3 rings (SSSR count). The molecule has 0 aliphatic rings. The van der Waals surface area contributed by atoms with Gasteiger partial charge in [-0.3, -0.25) is 14.3 Å². The molecular formula is C18H18N4O4. The smallest absolute Gasteiger partial charge is 0.291 e. The molecule has 0 bridgehead atoms. The molecule has 2 N–H and O–H groups in total. The summed E-state index contributed by atoms with van der Waals surface area (Å²) < 4.78 is 11.8. The van der Waals surface area contributed by atoms with Crippen LogP contribution in [0.25, 0.3) is 0 Å². The first-order valence-corrected chi connectivity index (χ1v) is 7.87. The Kier molecular flexibility index (Phi) is 5.02. The van der Waals surface area contributed by atoms with Gasteiger partial charge in [0.2, 0.25) is 5.91 Å². The molecule has 0 spiro atoms. The summed E-state index contributed by atoms with van der Waals surface area (Å²) in [5.41, 5.74) is 1.13. The van der Waals surface area contributed by atoms with E-state index < -0.39 is 0 Å². The van der Waals surface area contributed by atoms with Gasteiger partial charge in [-0.25, -0.2) is 0 Å². The van der Waals surface area contributed by atoms with Crippen LogP contribution in [0.4, 0.5) is 11.4 Å². The topological polar surface area (TPSA) is 98.4 Å². The van der Waals surface area contributed by atoms with E-state index >= 15 is 0 Å². The van der Waals surface area contributed by atoms with Crippen molar-refractivity contribution in [2.75, 3.05) is 17.7 Å². The van der Waals surface area contributed by atoms with Crippen LogP contribution in [-0.2, 0) is 11.3 Å². The van der Waals surface area contributed by atoms with Crippen molar-refractivity contribution in [3.8, 4) is 5.75 Å². The van der Waals surface area contributed by atoms with E-state index in [-0.39, 0.29) is 24.1 Å².